The first kappa shape index (κ1) is 10.6. The number of nitrogen functional groups attached to an aromatic ring is 1. The molecule has 0 radical (unpaired) electrons. The summed E-state index contributed by atoms with van der Waals surface area (Å²) in [5, 5.41) is 18.4. The van der Waals surface area contributed by atoms with Crippen molar-refractivity contribution in [2.45, 2.75) is 13.5 Å². The van der Waals surface area contributed by atoms with Gasteiger partial charge in [-0.25, -0.2) is 14.5 Å². The van der Waals surface area contributed by atoms with E-state index in [1.807, 2.05) is 0 Å². The Hall–Kier alpha value is -1.96. The number of anilines is 1. The lowest BCUT2D eigenvalue weighted by Crippen LogP contribution is -2.06. The SMILES string of the molecule is Cc1c(C(=O)O)nnn1Cc1csc(N)n1. The van der Waals surface area contributed by atoms with Crippen LogP contribution in [0, 0.1) is 6.92 Å². The summed E-state index contributed by atoms with van der Waals surface area (Å²) in [6.07, 6.45) is 0. The second-order valence-corrected chi connectivity index (χ2v) is 4.05. The van der Waals surface area contributed by atoms with Crippen molar-refractivity contribution in [2.75, 3.05) is 5.73 Å². The van der Waals surface area contributed by atoms with Crippen LogP contribution in [0.4, 0.5) is 5.13 Å². The fourth-order valence-corrected chi connectivity index (χ4v) is 1.81. The number of nitrogens with zero attached hydrogens (tertiary/aromatic N) is 4. The van der Waals surface area contributed by atoms with Gasteiger partial charge in [0.25, 0.3) is 0 Å². The molecule has 0 bridgehead atoms. The number of aromatic nitrogens is 4. The zero-order valence-corrected chi connectivity index (χ0v) is 9.23. The molecule has 84 valence electrons. The third kappa shape index (κ3) is 1.87. The van der Waals surface area contributed by atoms with E-state index in [1.54, 1.807) is 12.3 Å². The number of carboxylic acids is 1. The Labute approximate surface area is 94.5 Å². The number of aromatic carboxylic acids is 1. The highest BCUT2D eigenvalue weighted by Crippen LogP contribution is 2.13. The smallest absolute Gasteiger partial charge is 0.358 e. The fourth-order valence-electron chi connectivity index (χ4n) is 1.26. The molecule has 0 fully saturated rings. The van der Waals surface area contributed by atoms with Gasteiger partial charge in [0.2, 0.25) is 0 Å². The number of rotatable bonds is 3. The molecular formula is C8H9N5O2S. The summed E-state index contributed by atoms with van der Waals surface area (Å²) in [6.45, 7) is 2.03. The zero-order chi connectivity index (χ0) is 11.7. The normalized spacial score (nSPS) is 10.6. The van der Waals surface area contributed by atoms with Crippen molar-refractivity contribution in [1.29, 1.82) is 0 Å². The number of carboxylic acid groups (broad SMARTS) is 1. The van der Waals surface area contributed by atoms with Gasteiger partial charge in [-0.05, 0) is 6.92 Å². The fraction of sp³-hybridized carbons (Fsp3) is 0.250. The standard InChI is InChI=1S/C8H9N5O2S/c1-4-6(7(14)15)11-12-13(4)2-5-3-16-8(9)10-5/h3H,2H2,1H3,(H2,9,10)(H,14,15). The Morgan fingerprint density at radius 1 is 1.69 bits per heavy atom. The Bertz CT molecular complexity index is 532. The van der Waals surface area contributed by atoms with E-state index in [4.69, 9.17) is 10.8 Å². The largest absolute Gasteiger partial charge is 0.476 e. The molecule has 0 spiro atoms. The topological polar surface area (TPSA) is 107 Å². The Balaban J connectivity index is 2.25. The van der Waals surface area contributed by atoms with E-state index >= 15 is 0 Å². The number of hydrogen-bond donors (Lipinski definition) is 2. The molecule has 0 aliphatic rings. The van der Waals surface area contributed by atoms with E-state index in [0.717, 1.165) is 5.69 Å². The summed E-state index contributed by atoms with van der Waals surface area (Å²) in [5.41, 5.74) is 6.70. The van der Waals surface area contributed by atoms with Crippen LogP contribution in [0.3, 0.4) is 0 Å². The molecule has 0 aliphatic heterocycles. The second-order valence-electron chi connectivity index (χ2n) is 3.16. The Morgan fingerprint density at radius 2 is 2.44 bits per heavy atom. The molecule has 2 rings (SSSR count). The molecule has 3 N–H and O–H groups in total. The van der Waals surface area contributed by atoms with E-state index in [9.17, 15) is 4.79 Å². The van der Waals surface area contributed by atoms with E-state index in [1.165, 1.54) is 16.0 Å². The first-order valence-electron chi connectivity index (χ1n) is 4.41. The van der Waals surface area contributed by atoms with Crippen LogP contribution in [-0.2, 0) is 6.54 Å². The molecule has 8 heteroatoms. The average Bonchev–Trinajstić information content (AvgIpc) is 2.76. The highest BCUT2D eigenvalue weighted by atomic mass is 32.1. The van der Waals surface area contributed by atoms with Crippen LogP contribution in [0.5, 0.6) is 0 Å². The molecule has 2 aromatic heterocycles. The highest BCUT2D eigenvalue weighted by Gasteiger charge is 2.15. The van der Waals surface area contributed by atoms with Crippen LogP contribution in [0.25, 0.3) is 0 Å². The van der Waals surface area contributed by atoms with Crippen LogP contribution in [0.2, 0.25) is 0 Å². The predicted octanol–water partition coefficient (Wildman–Crippen LogP) is 0.372. The average molecular weight is 239 g/mol. The molecule has 2 heterocycles. The maximum atomic E-state index is 10.7. The highest BCUT2D eigenvalue weighted by molar-refractivity contribution is 7.13. The van der Waals surface area contributed by atoms with Gasteiger partial charge in [-0.1, -0.05) is 5.21 Å². The molecule has 0 unspecified atom stereocenters. The minimum Gasteiger partial charge on any atom is -0.476 e. The number of carbonyl (C=O) groups is 1. The Morgan fingerprint density at radius 3 is 2.94 bits per heavy atom. The van der Waals surface area contributed by atoms with E-state index in [0.29, 0.717) is 17.4 Å². The first-order chi connectivity index (χ1) is 7.58. The lowest BCUT2D eigenvalue weighted by atomic mass is 10.3. The van der Waals surface area contributed by atoms with E-state index < -0.39 is 5.97 Å². The molecule has 0 amide bonds. The molecule has 0 aromatic carbocycles. The lowest BCUT2D eigenvalue weighted by Gasteiger charge is -1.99. The molecule has 0 saturated heterocycles. The van der Waals surface area contributed by atoms with Crippen molar-refractivity contribution in [3.05, 3.63) is 22.5 Å². The van der Waals surface area contributed by atoms with Gasteiger partial charge in [0, 0.05) is 5.38 Å². The van der Waals surface area contributed by atoms with Gasteiger partial charge in [0.05, 0.1) is 17.9 Å². The van der Waals surface area contributed by atoms with Crippen molar-refractivity contribution in [3.8, 4) is 0 Å². The van der Waals surface area contributed by atoms with Crippen LogP contribution >= 0.6 is 11.3 Å². The molecule has 0 atom stereocenters. The minimum absolute atomic E-state index is 0.0387. The van der Waals surface area contributed by atoms with Crippen LogP contribution in [0.15, 0.2) is 5.38 Å². The lowest BCUT2D eigenvalue weighted by molar-refractivity contribution is 0.0689. The summed E-state index contributed by atoms with van der Waals surface area (Å²) in [5.74, 6) is -1.08. The van der Waals surface area contributed by atoms with Crippen molar-refractivity contribution in [2.24, 2.45) is 0 Å². The maximum Gasteiger partial charge on any atom is 0.358 e. The summed E-state index contributed by atoms with van der Waals surface area (Å²) in [7, 11) is 0. The summed E-state index contributed by atoms with van der Waals surface area (Å²) in [6, 6.07) is 0. The third-order valence-corrected chi connectivity index (χ3v) is 2.79. The molecule has 0 saturated carbocycles. The minimum atomic E-state index is -1.08. The number of thiazole rings is 1. The summed E-state index contributed by atoms with van der Waals surface area (Å²) in [4.78, 5) is 14.8. The van der Waals surface area contributed by atoms with Gasteiger partial charge < -0.3 is 10.8 Å². The van der Waals surface area contributed by atoms with Gasteiger partial charge in [0.1, 0.15) is 0 Å². The third-order valence-electron chi connectivity index (χ3n) is 2.07. The maximum absolute atomic E-state index is 10.7. The van der Waals surface area contributed by atoms with E-state index in [2.05, 4.69) is 15.3 Å². The molecular weight excluding hydrogens is 230 g/mol. The van der Waals surface area contributed by atoms with Crippen molar-refractivity contribution in [3.63, 3.8) is 0 Å². The van der Waals surface area contributed by atoms with Gasteiger partial charge in [0.15, 0.2) is 10.8 Å². The first-order valence-corrected chi connectivity index (χ1v) is 5.29. The monoisotopic (exact) mass is 239 g/mol. The number of nitrogens with two attached hydrogens (primary N) is 1. The molecule has 16 heavy (non-hydrogen) atoms. The van der Waals surface area contributed by atoms with Crippen LogP contribution in [0.1, 0.15) is 21.9 Å². The predicted molar refractivity (Wildman–Crippen MR) is 57.3 cm³/mol. The van der Waals surface area contributed by atoms with Gasteiger partial charge in [-0.3, -0.25) is 0 Å². The molecule has 7 nitrogen and oxygen atoms in total. The van der Waals surface area contributed by atoms with Crippen molar-refractivity contribution < 1.29 is 9.90 Å². The molecule has 2 aromatic rings. The van der Waals surface area contributed by atoms with Gasteiger partial charge >= 0.3 is 5.97 Å². The zero-order valence-electron chi connectivity index (χ0n) is 8.41. The summed E-state index contributed by atoms with van der Waals surface area (Å²) >= 11 is 1.33. The van der Waals surface area contributed by atoms with Gasteiger partial charge in [-0.2, -0.15) is 0 Å². The quantitative estimate of drug-likeness (QED) is 0.801. The van der Waals surface area contributed by atoms with Crippen molar-refractivity contribution in [1.82, 2.24) is 20.0 Å². The number of hydrogen-bond acceptors (Lipinski definition) is 6. The second kappa shape index (κ2) is 3.89. The molecule has 0 aliphatic carbocycles. The van der Waals surface area contributed by atoms with Crippen LogP contribution in [-0.4, -0.2) is 31.1 Å². The summed E-state index contributed by atoms with van der Waals surface area (Å²) < 4.78 is 1.48. The van der Waals surface area contributed by atoms with Crippen molar-refractivity contribution >= 4 is 22.4 Å². The van der Waals surface area contributed by atoms with Gasteiger partial charge in [-0.15, -0.1) is 16.4 Å². The van der Waals surface area contributed by atoms with E-state index in [-0.39, 0.29) is 5.69 Å². The van der Waals surface area contributed by atoms with Crippen LogP contribution < -0.4 is 5.73 Å². The Kier molecular flexibility index (Phi) is 2.57.